The Balaban J connectivity index is 1.64. The first-order chi connectivity index (χ1) is 12.5. The molecule has 2 aromatic rings. The summed E-state index contributed by atoms with van der Waals surface area (Å²) in [6, 6.07) is 12.8. The minimum Gasteiger partial charge on any atom is -0.352 e. The molecule has 0 heterocycles. The van der Waals surface area contributed by atoms with Gasteiger partial charge in [-0.15, -0.1) is 0 Å². The molecule has 0 aliphatic carbocycles. The van der Waals surface area contributed by atoms with Crippen molar-refractivity contribution in [1.29, 1.82) is 0 Å². The molecule has 8 heteroatoms. The number of rotatable bonds is 6. The van der Waals surface area contributed by atoms with Crippen LogP contribution in [0.5, 0.6) is 0 Å². The van der Waals surface area contributed by atoms with Crippen molar-refractivity contribution in [3.8, 4) is 0 Å². The molecule has 26 heavy (non-hydrogen) atoms. The predicted octanol–water partition coefficient (Wildman–Crippen LogP) is 2.96. The highest BCUT2D eigenvalue weighted by molar-refractivity contribution is 6.31. The number of benzene rings is 2. The van der Waals surface area contributed by atoms with Gasteiger partial charge in [0, 0.05) is 34.1 Å². The summed E-state index contributed by atoms with van der Waals surface area (Å²) < 4.78 is 0. The molecule has 0 aliphatic rings. The summed E-state index contributed by atoms with van der Waals surface area (Å²) in [7, 11) is 0. The van der Waals surface area contributed by atoms with Crippen LogP contribution in [-0.2, 0) is 4.79 Å². The minimum absolute atomic E-state index is 0.155. The SMILES string of the molecule is O=C(CCCNC(=O)c1ccc(Cl)cc1)NNC(=O)c1ccc(Cl)cc1. The van der Waals surface area contributed by atoms with Crippen molar-refractivity contribution in [2.45, 2.75) is 12.8 Å². The zero-order chi connectivity index (χ0) is 18.9. The van der Waals surface area contributed by atoms with E-state index in [2.05, 4.69) is 16.2 Å². The van der Waals surface area contributed by atoms with Crippen molar-refractivity contribution >= 4 is 40.9 Å². The van der Waals surface area contributed by atoms with Gasteiger partial charge in [-0.05, 0) is 55.0 Å². The monoisotopic (exact) mass is 393 g/mol. The molecule has 2 rings (SSSR count). The van der Waals surface area contributed by atoms with E-state index >= 15 is 0 Å². The summed E-state index contributed by atoms with van der Waals surface area (Å²) in [4.78, 5) is 35.4. The molecule has 3 N–H and O–H groups in total. The number of nitrogens with one attached hydrogen (secondary N) is 3. The van der Waals surface area contributed by atoms with Gasteiger partial charge in [-0.2, -0.15) is 0 Å². The first kappa shape index (κ1) is 19.8. The van der Waals surface area contributed by atoms with Crippen LogP contribution in [0.3, 0.4) is 0 Å². The van der Waals surface area contributed by atoms with E-state index in [1.54, 1.807) is 48.5 Å². The third-order valence-corrected chi connectivity index (χ3v) is 3.90. The molecule has 3 amide bonds. The normalized spacial score (nSPS) is 10.1. The molecule has 0 fully saturated rings. The van der Waals surface area contributed by atoms with E-state index in [0.717, 1.165) is 0 Å². The second-order valence-corrected chi connectivity index (χ2v) is 6.25. The number of carbonyl (C=O) groups is 3. The van der Waals surface area contributed by atoms with Crippen LogP contribution in [0.25, 0.3) is 0 Å². The summed E-state index contributed by atoms with van der Waals surface area (Å²) >= 11 is 11.5. The number of hydrazine groups is 1. The van der Waals surface area contributed by atoms with Gasteiger partial charge < -0.3 is 5.32 Å². The summed E-state index contributed by atoms with van der Waals surface area (Å²) in [5.41, 5.74) is 5.51. The third-order valence-electron chi connectivity index (χ3n) is 3.39. The van der Waals surface area contributed by atoms with Crippen LogP contribution in [0.15, 0.2) is 48.5 Å². The maximum absolute atomic E-state index is 11.9. The molecular weight excluding hydrogens is 377 g/mol. The van der Waals surface area contributed by atoms with Gasteiger partial charge >= 0.3 is 0 Å². The molecule has 0 saturated carbocycles. The van der Waals surface area contributed by atoms with E-state index in [1.807, 2.05) is 0 Å². The van der Waals surface area contributed by atoms with Crippen LogP contribution < -0.4 is 16.2 Å². The predicted molar refractivity (Wildman–Crippen MR) is 100 cm³/mol. The van der Waals surface area contributed by atoms with Crippen LogP contribution in [0.4, 0.5) is 0 Å². The minimum atomic E-state index is -0.439. The fourth-order valence-electron chi connectivity index (χ4n) is 2.02. The summed E-state index contributed by atoms with van der Waals surface area (Å²) in [5.74, 6) is -1.03. The number of hydrogen-bond donors (Lipinski definition) is 3. The second-order valence-electron chi connectivity index (χ2n) is 5.38. The van der Waals surface area contributed by atoms with Crippen LogP contribution in [0.1, 0.15) is 33.6 Å². The van der Waals surface area contributed by atoms with E-state index in [-0.39, 0.29) is 18.2 Å². The molecule has 0 saturated heterocycles. The number of amides is 3. The molecule has 0 atom stereocenters. The van der Waals surface area contributed by atoms with Crippen molar-refractivity contribution in [2.75, 3.05) is 6.54 Å². The van der Waals surface area contributed by atoms with Gasteiger partial charge in [-0.25, -0.2) is 0 Å². The molecule has 2 aromatic carbocycles. The van der Waals surface area contributed by atoms with Crippen molar-refractivity contribution in [1.82, 2.24) is 16.2 Å². The Morgan fingerprint density at radius 3 is 1.77 bits per heavy atom. The molecule has 0 radical (unpaired) electrons. The molecule has 0 spiro atoms. The van der Waals surface area contributed by atoms with Gasteiger partial charge in [-0.1, -0.05) is 23.2 Å². The maximum atomic E-state index is 11.9. The topological polar surface area (TPSA) is 87.3 Å². The van der Waals surface area contributed by atoms with Gasteiger partial charge in [0.1, 0.15) is 0 Å². The zero-order valence-electron chi connectivity index (χ0n) is 13.7. The van der Waals surface area contributed by atoms with Gasteiger partial charge in [0.15, 0.2) is 0 Å². The molecule has 0 bridgehead atoms. The zero-order valence-corrected chi connectivity index (χ0v) is 15.2. The summed E-state index contributed by atoms with van der Waals surface area (Å²) in [5, 5.41) is 3.78. The summed E-state index contributed by atoms with van der Waals surface area (Å²) in [6.45, 7) is 0.333. The van der Waals surface area contributed by atoms with Crippen LogP contribution in [0.2, 0.25) is 10.0 Å². The van der Waals surface area contributed by atoms with Crippen molar-refractivity contribution in [3.05, 3.63) is 69.7 Å². The van der Waals surface area contributed by atoms with Gasteiger partial charge in [0.05, 0.1) is 0 Å². The molecule has 0 aromatic heterocycles. The van der Waals surface area contributed by atoms with Gasteiger partial charge in [-0.3, -0.25) is 25.2 Å². The fraction of sp³-hybridized carbons (Fsp3) is 0.167. The molecule has 6 nitrogen and oxygen atoms in total. The Bertz CT molecular complexity index is 777. The Kier molecular flexibility index (Phi) is 7.44. The molecular formula is C18H17Cl2N3O3. The van der Waals surface area contributed by atoms with Crippen molar-refractivity contribution in [2.24, 2.45) is 0 Å². The lowest BCUT2D eigenvalue weighted by molar-refractivity contribution is -0.121. The lowest BCUT2D eigenvalue weighted by Gasteiger charge is -2.08. The van der Waals surface area contributed by atoms with Gasteiger partial charge in [0.25, 0.3) is 11.8 Å². The van der Waals surface area contributed by atoms with Crippen molar-refractivity contribution in [3.63, 3.8) is 0 Å². The van der Waals surface area contributed by atoms with E-state index in [9.17, 15) is 14.4 Å². The Morgan fingerprint density at radius 2 is 1.23 bits per heavy atom. The largest absolute Gasteiger partial charge is 0.352 e. The van der Waals surface area contributed by atoms with Crippen molar-refractivity contribution < 1.29 is 14.4 Å². The Morgan fingerprint density at radius 1 is 0.731 bits per heavy atom. The number of carbonyl (C=O) groups excluding carboxylic acids is 3. The van der Waals surface area contributed by atoms with Crippen LogP contribution in [-0.4, -0.2) is 24.3 Å². The molecule has 0 aliphatic heterocycles. The first-order valence-corrected chi connectivity index (χ1v) is 8.60. The number of hydrogen-bond acceptors (Lipinski definition) is 3. The molecule has 136 valence electrons. The lowest BCUT2D eigenvalue weighted by atomic mass is 10.2. The standard InChI is InChI=1S/C18H17Cl2N3O3/c19-14-7-3-12(4-8-14)17(25)21-11-1-2-16(24)22-23-18(26)13-5-9-15(20)10-6-13/h3-10H,1-2,11H2,(H,21,25)(H,22,24)(H,23,26). The highest BCUT2D eigenvalue weighted by Crippen LogP contribution is 2.10. The van der Waals surface area contributed by atoms with Crippen LogP contribution >= 0.6 is 23.2 Å². The van der Waals surface area contributed by atoms with E-state index < -0.39 is 5.91 Å². The van der Waals surface area contributed by atoms with E-state index in [1.165, 1.54) is 0 Å². The average molecular weight is 394 g/mol. The first-order valence-electron chi connectivity index (χ1n) is 7.84. The lowest BCUT2D eigenvalue weighted by Crippen LogP contribution is -2.41. The fourth-order valence-corrected chi connectivity index (χ4v) is 2.27. The van der Waals surface area contributed by atoms with E-state index in [0.29, 0.717) is 34.1 Å². The third kappa shape index (κ3) is 6.38. The maximum Gasteiger partial charge on any atom is 0.269 e. The second kappa shape index (κ2) is 9.79. The smallest absolute Gasteiger partial charge is 0.269 e. The highest BCUT2D eigenvalue weighted by atomic mass is 35.5. The highest BCUT2D eigenvalue weighted by Gasteiger charge is 2.08. The number of halogens is 2. The summed E-state index contributed by atoms with van der Waals surface area (Å²) in [6.07, 6.45) is 0.587. The molecule has 0 unspecified atom stereocenters. The quantitative estimate of drug-likeness (QED) is 0.520. The Labute approximate surface area is 160 Å². The van der Waals surface area contributed by atoms with E-state index in [4.69, 9.17) is 23.2 Å². The Hall–Kier alpha value is -2.57. The average Bonchev–Trinajstić information content (AvgIpc) is 2.64. The van der Waals surface area contributed by atoms with Crippen LogP contribution in [0, 0.1) is 0 Å². The van der Waals surface area contributed by atoms with Gasteiger partial charge in [0.2, 0.25) is 5.91 Å².